The summed E-state index contributed by atoms with van der Waals surface area (Å²) in [6.07, 6.45) is 8.30. The zero-order valence-electron chi connectivity index (χ0n) is 8.77. The predicted molar refractivity (Wildman–Crippen MR) is 56.4 cm³/mol. The van der Waals surface area contributed by atoms with Crippen molar-refractivity contribution in [3.8, 4) is 0 Å². The van der Waals surface area contributed by atoms with Crippen LogP contribution in [0, 0.1) is 5.92 Å². The average Bonchev–Trinajstić information content (AvgIpc) is 2.10. The van der Waals surface area contributed by atoms with E-state index in [1.165, 1.54) is 19.3 Å². The molecule has 0 aliphatic heterocycles. The second kappa shape index (κ2) is 8.79. The summed E-state index contributed by atoms with van der Waals surface area (Å²) in [6, 6.07) is 0. The van der Waals surface area contributed by atoms with E-state index >= 15 is 0 Å². The van der Waals surface area contributed by atoms with Gasteiger partial charge < -0.3 is 5.32 Å². The third kappa shape index (κ3) is 7.80. The van der Waals surface area contributed by atoms with Crippen LogP contribution < -0.4 is 5.32 Å². The van der Waals surface area contributed by atoms with Gasteiger partial charge in [0.25, 0.3) is 0 Å². The molecule has 0 aromatic heterocycles. The highest BCUT2D eigenvalue weighted by atomic mass is 14.8. The summed E-state index contributed by atoms with van der Waals surface area (Å²) in [6.45, 7) is 8.89. The van der Waals surface area contributed by atoms with E-state index in [9.17, 15) is 0 Å². The fourth-order valence-corrected chi connectivity index (χ4v) is 0.975. The Labute approximate surface area is 77.2 Å². The first-order chi connectivity index (χ1) is 5.81. The SMILES string of the molecule is CCNCCC=CCC(C)CC. The lowest BCUT2D eigenvalue weighted by molar-refractivity contribution is 0.571. The van der Waals surface area contributed by atoms with Gasteiger partial charge in [0.2, 0.25) is 0 Å². The minimum Gasteiger partial charge on any atom is -0.317 e. The summed E-state index contributed by atoms with van der Waals surface area (Å²) >= 11 is 0. The van der Waals surface area contributed by atoms with Crippen LogP contribution >= 0.6 is 0 Å². The van der Waals surface area contributed by atoms with E-state index in [2.05, 4.69) is 38.2 Å². The van der Waals surface area contributed by atoms with E-state index in [-0.39, 0.29) is 0 Å². The van der Waals surface area contributed by atoms with Crippen molar-refractivity contribution in [2.45, 2.75) is 40.0 Å². The summed E-state index contributed by atoms with van der Waals surface area (Å²) in [7, 11) is 0. The summed E-state index contributed by atoms with van der Waals surface area (Å²) in [5.41, 5.74) is 0. The molecule has 0 amide bonds. The van der Waals surface area contributed by atoms with Crippen LogP contribution in [-0.4, -0.2) is 13.1 Å². The highest BCUT2D eigenvalue weighted by Gasteiger charge is 1.92. The van der Waals surface area contributed by atoms with E-state index in [4.69, 9.17) is 0 Å². The third-order valence-electron chi connectivity index (χ3n) is 2.14. The number of rotatable bonds is 7. The lowest BCUT2D eigenvalue weighted by Gasteiger charge is -2.02. The molecule has 0 heterocycles. The second-order valence-electron chi connectivity index (χ2n) is 3.36. The van der Waals surface area contributed by atoms with Gasteiger partial charge in [-0.25, -0.2) is 0 Å². The van der Waals surface area contributed by atoms with E-state index in [1.807, 2.05) is 0 Å². The molecule has 0 radical (unpaired) electrons. The van der Waals surface area contributed by atoms with Gasteiger partial charge in [-0.15, -0.1) is 0 Å². The minimum atomic E-state index is 0.848. The van der Waals surface area contributed by atoms with Crippen molar-refractivity contribution >= 4 is 0 Å². The maximum Gasteiger partial charge on any atom is -0.00144 e. The molecule has 0 aromatic carbocycles. The zero-order valence-corrected chi connectivity index (χ0v) is 8.77. The summed E-state index contributed by atoms with van der Waals surface area (Å²) in [4.78, 5) is 0. The molecule has 1 N–H and O–H groups in total. The zero-order chi connectivity index (χ0) is 9.23. The first-order valence-corrected chi connectivity index (χ1v) is 5.16. The van der Waals surface area contributed by atoms with E-state index < -0.39 is 0 Å². The minimum absolute atomic E-state index is 0.848. The smallest absolute Gasteiger partial charge is 0.00144 e. The number of hydrogen-bond donors (Lipinski definition) is 1. The summed E-state index contributed by atoms with van der Waals surface area (Å²) in [5.74, 6) is 0.848. The van der Waals surface area contributed by atoms with Gasteiger partial charge in [-0.1, -0.05) is 39.3 Å². The topological polar surface area (TPSA) is 12.0 Å². The van der Waals surface area contributed by atoms with Gasteiger partial charge in [-0.05, 0) is 31.8 Å². The van der Waals surface area contributed by atoms with Crippen LogP contribution in [0.25, 0.3) is 0 Å². The molecule has 1 heteroatoms. The highest BCUT2D eigenvalue weighted by molar-refractivity contribution is 4.83. The van der Waals surface area contributed by atoms with Crippen LogP contribution in [0.4, 0.5) is 0 Å². The van der Waals surface area contributed by atoms with Gasteiger partial charge in [0.1, 0.15) is 0 Å². The molecule has 0 aromatic rings. The fourth-order valence-electron chi connectivity index (χ4n) is 0.975. The van der Waals surface area contributed by atoms with Gasteiger partial charge in [-0.3, -0.25) is 0 Å². The largest absolute Gasteiger partial charge is 0.317 e. The molecule has 0 fully saturated rings. The van der Waals surface area contributed by atoms with Crippen LogP contribution in [0.2, 0.25) is 0 Å². The van der Waals surface area contributed by atoms with Crippen LogP contribution in [0.15, 0.2) is 12.2 Å². The van der Waals surface area contributed by atoms with Crippen molar-refractivity contribution < 1.29 is 0 Å². The van der Waals surface area contributed by atoms with Gasteiger partial charge in [0.15, 0.2) is 0 Å². The van der Waals surface area contributed by atoms with Crippen LogP contribution in [0.1, 0.15) is 40.0 Å². The average molecular weight is 169 g/mol. The van der Waals surface area contributed by atoms with Crippen molar-refractivity contribution in [3.05, 3.63) is 12.2 Å². The Kier molecular flexibility index (Phi) is 8.57. The van der Waals surface area contributed by atoms with Gasteiger partial charge >= 0.3 is 0 Å². The molecule has 0 aliphatic rings. The van der Waals surface area contributed by atoms with Crippen molar-refractivity contribution in [1.82, 2.24) is 5.32 Å². The molecule has 0 rings (SSSR count). The van der Waals surface area contributed by atoms with Crippen LogP contribution in [0.5, 0.6) is 0 Å². The molecule has 0 aliphatic carbocycles. The van der Waals surface area contributed by atoms with Crippen LogP contribution in [-0.2, 0) is 0 Å². The molecule has 1 unspecified atom stereocenters. The van der Waals surface area contributed by atoms with Gasteiger partial charge in [0, 0.05) is 0 Å². The predicted octanol–water partition coefficient (Wildman–Crippen LogP) is 2.98. The summed E-state index contributed by atoms with van der Waals surface area (Å²) in [5, 5.41) is 3.30. The third-order valence-corrected chi connectivity index (χ3v) is 2.14. The maximum atomic E-state index is 3.30. The Hall–Kier alpha value is -0.300. The van der Waals surface area contributed by atoms with Gasteiger partial charge in [-0.2, -0.15) is 0 Å². The number of allylic oxidation sites excluding steroid dienone is 1. The monoisotopic (exact) mass is 169 g/mol. The Bertz CT molecular complexity index is 108. The quantitative estimate of drug-likeness (QED) is 0.456. The van der Waals surface area contributed by atoms with Crippen molar-refractivity contribution in [1.29, 1.82) is 0 Å². The normalized spacial score (nSPS) is 13.9. The first-order valence-electron chi connectivity index (χ1n) is 5.16. The Morgan fingerprint density at radius 2 is 2.00 bits per heavy atom. The maximum absolute atomic E-state index is 3.30. The Balaban J connectivity index is 3.13. The standard InChI is InChI=1S/C11H23N/c1-4-11(3)9-7-6-8-10-12-5-2/h6-7,11-12H,4-5,8-10H2,1-3H3. The number of hydrogen-bond acceptors (Lipinski definition) is 1. The van der Waals surface area contributed by atoms with Gasteiger partial charge in [0.05, 0.1) is 0 Å². The Morgan fingerprint density at radius 1 is 1.25 bits per heavy atom. The summed E-state index contributed by atoms with van der Waals surface area (Å²) < 4.78 is 0. The lowest BCUT2D eigenvalue weighted by Crippen LogP contribution is -2.12. The Morgan fingerprint density at radius 3 is 2.58 bits per heavy atom. The molecule has 0 saturated carbocycles. The molecule has 0 bridgehead atoms. The highest BCUT2D eigenvalue weighted by Crippen LogP contribution is 2.06. The molecule has 1 atom stereocenters. The molecule has 1 nitrogen and oxygen atoms in total. The fraction of sp³-hybridized carbons (Fsp3) is 0.818. The molecule has 0 saturated heterocycles. The van der Waals surface area contributed by atoms with Crippen molar-refractivity contribution in [2.75, 3.05) is 13.1 Å². The second-order valence-corrected chi connectivity index (χ2v) is 3.36. The van der Waals surface area contributed by atoms with Crippen molar-refractivity contribution in [3.63, 3.8) is 0 Å². The molecule has 12 heavy (non-hydrogen) atoms. The molecule has 72 valence electrons. The van der Waals surface area contributed by atoms with Crippen molar-refractivity contribution in [2.24, 2.45) is 5.92 Å². The van der Waals surface area contributed by atoms with E-state index in [0.717, 1.165) is 19.0 Å². The number of nitrogens with one attached hydrogen (secondary N) is 1. The first kappa shape index (κ1) is 11.7. The molecule has 0 spiro atoms. The lowest BCUT2D eigenvalue weighted by atomic mass is 10.1. The molecular formula is C11H23N. The van der Waals surface area contributed by atoms with Crippen LogP contribution in [0.3, 0.4) is 0 Å². The van der Waals surface area contributed by atoms with E-state index in [0.29, 0.717) is 0 Å². The van der Waals surface area contributed by atoms with E-state index in [1.54, 1.807) is 0 Å². The molecular weight excluding hydrogens is 146 g/mol.